The number of hydrogen-bond acceptors (Lipinski definition) is 3. The summed E-state index contributed by atoms with van der Waals surface area (Å²) in [6, 6.07) is 12.8. The number of nitrogens with one attached hydrogen (secondary N) is 1. The molecule has 1 unspecified atom stereocenters. The second-order valence-electron chi connectivity index (χ2n) is 6.01. The summed E-state index contributed by atoms with van der Waals surface area (Å²) >= 11 is 0. The normalized spacial score (nSPS) is 11.9. The average Bonchev–Trinajstić information content (AvgIpc) is 2.59. The van der Waals surface area contributed by atoms with Gasteiger partial charge in [0, 0.05) is 24.3 Å². The predicted octanol–water partition coefficient (Wildman–Crippen LogP) is 3.49. The first kappa shape index (κ1) is 18.7. The first-order valence-electron chi connectivity index (χ1n) is 8.08. The van der Waals surface area contributed by atoms with Gasteiger partial charge < -0.3 is 15.2 Å². The second-order valence-corrected chi connectivity index (χ2v) is 6.01. The summed E-state index contributed by atoms with van der Waals surface area (Å²) in [6.45, 7) is 3.72. The Hall–Kier alpha value is -2.60. The highest BCUT2D eigenvalue weighted by Crippen LogP contribution is 2.21. The van der Waals surface area contributed by atoms with Crippen molar-refractivity contribution in [3.8, 4) is 5.75 Å². The molecular formula is C19H23FN2O3. The smallest absolute Gasteiger partial charge is 0.321 e. The number of carbonyl (C=O) groups is 1. The van der Waals surface area contributed by atoms with E-state index in [0.29, 0.717) is 11.4 Å². The minimum absolute atomic E-state index is 0.0532. The van der Waals surface area contributed by atoms with Crippen LogP contribution in [0.1, 0.15) is 25.5 Å². The molecule has 0 radical (unpaired) electrons. The molecule has 1 atom stereocenters. The minimum atomic E-state index is -1.06. The molecule has 0 spiro atoms. The Morgan fingerprint density at radius 1 is 1.20 bits per heavy atom. The maximum Gasteiger partial charge on any atom is 0.321 e. The number of ether oxygens (including phenoxy) is 1. The van der Waals surface area contributed by atoms with Crippen molar-refractivity contribution in [2.75, 3.05) is 18.6 Å². The molecule has 2 N–H and O–H groups in total. The van der Waals surface area contributed by atoms with Crippen molar-refractivity contribution in [2.24, 2.45) is 0 Å². The molecule has 2 rings (SSSR count). The zero-order chi connectivity index (χ0) is 18.4. The Kier molecular flexibility index (Phi) is 6.36. The number of amides is 2. The lowest BCUT2D eigenvalue weighted by molar-refractivity contribution is 0.105. The molecule has 0 saturated carbocycles. The number of hydrogen-bond donors (Lipinski definition) is 2. The fourth-order valence-electron chi connectivity index (χ4n) is 2.24. The molecule has 0 aliphatic rings. The van der Waals surface area contributed by atoms with Crippen molar-refractivity contribution in [1.82, 2.24) is 5.32 Å². The van der Waals surface area contributed by atoms with Gasteiger partial charge in [0.05, 0.1) is 0 Å². The van der Waals surface area contributed by atoms with Gasteiger partial charge in [0.15, 0.2) is 0 Å². The van der Waals surface area contributed by atoms with Crippen LogP contribution in [-0.4, -0.2) is 30.8 Å². The van der Waals surface area contributed by atoms with Crippen molar-refractivity contribution >= 4 is 11.7 Å². The Bertz CT molecular complexity index is 704. The highest BCUT2D eigenvalue weighted by molar-refractivity contribution is 5.91. The number of halogens is 1. The molecule has 0 saturated heterocycles. The summed E-state index contributed by atoms with van der Waals surface area (Å²) in [7, 11) is 1.68. The standard InChI is InChI=1S/C19H23FN2O3/c1-13(2)21-19(24)22(3)14-8-10-15(11-9-14)25-12-18(23)16-6-4-5-7-17(16)20/h4-11,13,18,23H,12H2,1-3H3,(H,21,24). The number of aliphatic hydroxyl groups excluding tert-OH is 1. The van der Waals surface area contributed by atoms with E-state index >= 15 is 0 Å². The molecule has 0 bridgehead atoms. The van der Waals surface area contributed by atoms with Gasteiger partial charge in [-0.15, -0.1) is 0 Å². The summed E-state index contributed by atoms with van der Waals surface area (Å²) in [5.41, 5.74) is 0.907. The zero-order valence-corrected chi connectivity index (χ0v) is 14.6. The molecule has 0 aliphatic carbocycles. The van der Waals surface area contributed by atoms with Gasteiger partial charge in [-0.3, -0.25) is 4.90 Å². The highest BCUT2D eigenvalue weighted by atomic mass is 19.1. The molecule has 0 heterocycles. The van der Waals surface area contributed by atoms with E-state index in [4.69, 9.17) is 4.74 Å². The van der Waals surface area contributed by atoms with E-state index in [9.17, 15) is 14.3 Å². The third-order valence-corrected chi connectivity index (χ3v) is 3.61. The maximum absolute atomic E-state index is 13.6. The fourth-order valence-corrected chi connectivity index (χ4v) is 2.24. The summed E-state index contributed by atoms with van der Waals surface area (Å²) < 4.78 is 19.1. The number of aliphatic hydroxyl groups is 1. The van der Waals surface area contributed by atoms with Crippen molar-refractivity contribution in [2.45, 2.75) is 26.0 Å². The van der Waals surface area contributed by atoms with Crippen molar-refractivity contribution < 1.29 is 19.0 Å². The van der Waals surface area contributed by atoms with Crippen LogP contribution in [0.4, 0.5) is 14.9 Å². The van der Waals surface area contributed by atoms with Crippen molar-refractivity contribution in [1.29, 1.82) is 0 Å². The van der Waals surface area contributed by atoms with Gasteiger partial charge in [-0.1, -0.05) is 18.2 Å². The van der Waals surface area contributed by atoms with Crippen molar-refractivity contribution in [3.63, 3.8) is 0 Å². The van der Waals surface area contributed by atoms with Gasteiger partial charge in [0.1, 0.15) is 24.3 Å². The monoisotopic (exact) mass is 346 g/mol. The van der Waals surface area contributed by atoms with Gasteiger partial charge in [-0.25, -0.2) is 9.18 Å². The van der Waals surface area contributed by atoms with E-state index in [2.05, 4.69) is 5.32 Å². The van der Waals surface area contributed by atoms with E-state index in [0.717, 1.165) is 0 Å². The molecule has 0 aliphatic heterocycles. The van der Waals surface area contributed by atoms with E-state index in [1.807, 2.05) is 13.8 Å². The molecule has 2 aromatic carbocycles. The number of anilines is 1. The van der Waals surface area contributed by atoms with Gasteiger partial charge in [-0.05, 0) is 44.2 Å². The zero-order valence-electron chi connectivity index (χ0n) is 14.6. The van der Waals surface area contributed by atoms with Gasteiger partial charge >= 0.3 is 6.03 Å². The molecule has 0 aromatic heterocycles. The highest BCUT2D eigenvalue weighted by Gasteiger charge is 2.14. The lowest BCUT2D eigenvalue weighted by Crippen LogP contribution is -2.40. The summed E-state index contributed by atoms with van der Waals surface area (Å²) in [5.74, 6) is 0.0588. The van der Waals surface area contributed by atoms with Crippen molar-refractivity contribution in [3.05, 3.63) is 59.9 Å². The summed E-state index contributed by atoms with van der Waals surface area (Å²) in [5, 5.41) is 12.8. The number of benzene rings is 2. The summed E-state index contributed by atoms with van der Waals surface area (Å²) in [6.07, 6.45) is -1.06. The second kappa shape index (κ2) is 8.48. The molecule has 25 heavy (non-hydrogen) atoms. The molecule has 2 amide bonds. The topological polar surface area (TPSA) is 61.8 Å². The van der Waals surface area contributed by atoms with E-state index in [1.54, 1.807) is 43.4 Å². The van der Waals surface area contributed by atoms with Crippen LogP contribution in [-0.2, 0) is 0 Å². The number of rotatable bonds is 6. The van der Waals surface area contributed by atoms with Crippen LogP contribution in [0.2, 0.25) is 0 Å². The molecule has 0 fully saturated rings. The van der Waals surface area contributed by atoms with Crippen LogP contribution in [0.3, 0.4) is 0 Å². The largest absolute Gasteiger partial charge is 0.491 e. The minimum Gasteiger partial charge on any atom is -0.491 e. The Morgan fingerprint density at radius 3 is 2.44 bits per heavy atom. The Balaban J connectivity index is 1.94. The number of carbonyl (C=O) groups excluding carboxylic acids is 1. The molecule has 5 nitrogen and oxygen atoms in total. The van der Waals surface area contributed by atoms with E-state index in [1.165, 1.54) is 17.0 Å². The summed E-state index contributed by atoms with van der Waals surface area (Å²) in [4.78, 5) is 13.5. The fraction of sp³-hybridized carbons (Fsp3) is 0.316. The Morgan fingerprint density at radius 2 is 1.84 bits per heavy atom. The SMILES string of the molecule is CC(C)NC(=O)N(C)c1ccc(OCC(O)c2ccccc2F)cc1. The average molecular weight is 346 g/mol. The van der Waals surface area contributed by atoms with Gasteiger partial charge in [0.2, 0.25) is 0 Å². The molecule has 2 aromatic rings. The molecular weight excluding hydrogens is 323 g/mol. The quantitative estimate of drug-likeness (QED) is 0.842. The molecule has 134 valence electrons. The van der Waals surface area contributed by atoms with Gasteiger partial charge in [0.25, 0.3) is 0 Å². The van der Waals surface area contributed by atoms with Crippen LogP contribution in [0, 0.1) is 5.82 Å². The van der Waals surface area contributed by atoms with Gasteiger partial charge in [-0.2, -0.15) is 0 Å². The lowest BCUT2D eigenvalue weighted by Gasteiger charge is -2.20. The van der Waals surface area contributed by atoms with Crippen LogP contribution < -0.4 is 15.0 Å². The van der Waals surface area contributed by atoms with Crippen LogP contribution in [0.25, 0.3) is 0 Å². The number of nitrogens with zero attached hydrogens (tertiary/aromatic N) is 1. The van der Waals surface area contributed by atoms with E-state index in [-0.39, 0.29) is 24.2 Å². The van der Waals surface area contributed by atoms with Crippen LogP contribution in [0.5, 0.6) is 5.75 Å². The lowest BCUT2D eigenvalue weighted by atomic mass is 10.1. The van der Waals surface area contributed by atoms with Crippen LogP contribution >= 0.6 is 0 Å². The third-order valence-electron chi connectivity index (χ3n) is 3.61. The first-order valence-corrected chi connectivity index (χ1v) is 8.08. The number of urea groups is 1. The maximum atomic E-state index is 13.6. The predicted molar refractivity (Wildman–Crippen MR) is 95.4 cm³/mol. The first-order chi connectivity index (χ1) is 11.9. The molecule has 6 heteroatoms. The van der Waals surface area contributed by atoms with Crippen LogP contribution in [0.15, 0.2) is 48.5 Å². The Labute approximate surface area is 147 Å². The van der Waals surface area contributed by atoms with E-state index < -0.39 is 11.9 Å². The third kappa shape index (κ3) is 5.19.